The van der Waals surface area contributed by atoms with E-state index in [4.69, 9.17) is 14.2 Å². The zero-order valence-corrected chi connectivity index (χ0v) is 13.4. The maximum atomic E-state index is 12.0. The van der Waals surface area contributed by atoms with Crippen molar-refractivity contribution in [3.8, 4) is 11.5 Å². The van der Waals surface area contributed by atoms with Crippen molar-refractivity contribution < 1.29 is 19.0 Å². The summed E-state index contributed by atoms with van der Waals surface area (Å²) >= 11 is 0. The molecule has 21 heavy (non-hydrogen) atoms. The van der Waals surface area contributed by atoms with Crippen LogP contribution in [0.15, 0.2) is 24.3 Å². The lowest BCUT2D eigenvalue weighted by Crippen LogP contribution is -2.51. The molecule has 1 N–H and O–H groups in total. The number of hydrogen-bond acceptors (Lipinski definition) is 5. The van der Waals surface area contributed by atoms with Crippen LogP contribution >= 0.6 is 0 Å². The molecule has 0 saturated carbocycles. The smallest absolute Gasteiger partial charge is 0.326 e. The SMILES string of the molecule is CCOC(=O)C(C)(CC(C)Oc1ccccc1OC)NC. The first-order valence-corrected chi connectivity index (χ1v) is 7.12. The van der Waals surface area contributed by atoms with E-state index in [2.05, 4.69) is 5.32 Å². The van der Waals surface area contributed by atoms with E-state index >= 15 is 0 Å². The van der Waals surface area contributed by atoms with Gasteiger partial charge in [0, 0.05) is 6.42 Å². The molecule has 2 unspecified atom stereocenters. The molecule has 0 bridgehead atoms. The summed E-state index contributed by atoms with van der Waals surface area (Å²) < 4.78 is 16.3. The minimum absolute atomic E-state index is 0.178. The summed E-state index contributed by atoms with van der Waals surface area (Å²) in [4.78, 5) is 12.0. The van der Waals surface area contributed by atoms with Crippen LogP contribution in [0.4, 0.5) is 0 Å². The first-order chi connectivity index (χ1) is 9.96. The molecule has 1 rings (SSSR count). The maximum absolute atomic E-state index is 12.0. The number of benzene rings is 1. The van der Waals surface area contributed by atoms with E-state index in [1.807, 2.05) is 38.1 Å². The molecule has 0 amide bonds. The number of para-hydroxylation sites is 2. The number of rotatable bonds is 8. The molecule has 0 radical (unpaired) electrons. The van der Waals surface area contributed by atoms with Crippen LogP contribution < -0.4 is 14.8 Å². The molecule has 1 aromatic carbocycles. The van der Waals surface area contributed by atoms with Gasteiger partial charge in [0.15, 0.2) is 11.5 Å². The summed E-state index contributed by atoms with van der Waals surface area (Å²) in [6, 6.07) is 7.45. The van der Waals surface area contributed by atoms with E-state index in [-0.39, 0.29) is 12.1 Å². The molecule has 0 aliphatic rings. The Bertz CT molecular complexity index is 463. The number of hydrogen-bond donors (Lipinski definition) is 1. The van der Waals surface area contributed by atoms with Gasteiger partial charge in [-0.05, 0) is 40.0 Å². The van der Waals surface area contributed by atoms with Crippen LogP contribution in [0.1, 0.15) is 27.2 Å². The Labute approximate surface area is 126 Å². The predicted octanol–water partition coefficient (Wildman–Crippen LogP) is 2.39. The third-order valence-corrected chi connectivity index (χ3v) is 3.37. The molecule has 0 aliphatic carbocycles. The van der Waals surface area contributed by atoms with E-state index in [0.29, 0.717) is 24.5 Å². The lowest BCUT2D eigenvalue weighted by Gasteiger charge is -2.30. The summed E-state index contributed by atoms with van der Waals surface area (Å²) in [6.45, 7) is 5.88. The van der Waals surface area contributed by atoms with E-state index in [0.717, 1.165) is 0 Å². The minimum Gasteiger partial charge on any atom is -0.493 e. The van der Waals surface area contributed by atoms with E-state index < -0.39 is 5.54 Å². The summed E-state index contributed by atoms with van der Waals surface area (Å²) in [6.07, 6.45) is 0.309. The fraction of sp³-hybridized carbons (Fsp3) is 0.562. The highest BCUT2D eigenvalue weighted by Gasteiger charge is 2.35. The van der Waals surface area contributed by atoms with Gasteiger partial charge < -0.3 is 19.5 Å². The first-order valence-electron chi connectivity index (χ1n) is 7.12. The van der Waals surface area contributed by atoms with Crippen LogP contribution in [0.3, 0.4) is 0 Å². The molecule has 0 spiro atoms. The second-order valence-corrected chi connectivity index (χ2v) is 5.09. The van der Waals surface area contributed by atoms with Gasteiger partial charge in [-0.25, -0.2) is 0 Å². The third-order valence-electron chi connectivity index (χ3n) is 3.37. The third kappa shape index (κ3) is 4.63. The number of nitrogens with one attached hydrogen (secondary N) is 1. The van der Waals surface area contributed by atoms with Gasteiger partial charge in [0.2, 0.25) is 0 Å². The van der Waals surface area contributed by atoms with Crippen molar-refractivity contribution in [1.82, 2.24) is 5.32 Å². The Balaban J connectivity index is 2.75. The molecule has 118 valence electrons. The first kappa shape index (κ1) is 17.3. The van der Waals surface area contributed by atoms with Gasteiger partial charge in [0.05, 0.1) is 19.8 Å². The summed E-state index contributed by atoms with van der Waals surface area (Å²) in [7, 11) is 3.34. The normalized spacial score (nSPS) is 14.9. The number of carbonyl (C=O) groups excluding carboxylic acids is 1. The lowest BCUT2D eigenvalue weighted by atomic mass is 9.95. The zero-order chi connectivity index (χ0) is 15.9. The van der Waals surface area contributed by atoms with Gasteiger partial charge in [-0.1, -0.05) is 12.1 Å². The predicted molar refractivity (Wildman–Crippen MR) is 81.8 cm³/mol. The Morgan fingerprint density at radius 3 is 2.48 bits per heavy atom. The molecule has 0 fully saturated rings. The molecular weight excluding hydrogens is 270 g/mol. The molecule has 0 heterocycles. The summed E-state index contributed by atoms with van der Waals surface area (Å²) in [5.41, 5.74) is -0.780. The lowest BCUT2D eigenvalue weighted by molar-refractivity contribution is -0.151. The van der Waals surface area contributed by atoms with Crippen LogP contribution in [-0.4, -0.2) is 38.4 Å². The van der Waals surface area contributed by atoms with Gasteiger partial charge in [-0.3, -0.25) is 4.79 Å². The largest absolute Gasteiger partial charge is 0.493 e. The molecule has 1 aromatic rings. The van der Waals surface area contributed by atoms with E-state index in [1.165, 1.54) is 0 Å². The van der Waals surface area contributed by atoms with Crippen LogP contribution in [0.25, 0.3) is 0 Å². The Morgan fingerprint density at radius 2 is 1.95 bits per heavy atom. The van der Waals surface area contributed by atoms with Crippen molar-refractivity contribution in [2.24, 2.45) is 0 Å². The van der Waals surface area contributed by atoms with Gasteiger partial charge in [-0.2, -0.15) is 0 Å². The van der Waals surface area contributed by atoms with Crippen molar-refractivity contribution >= 4 is 5.97 Å². The number of carbonyl (C=O) groups is 1. The van der Waals surface area contributed by atoms with E-state index in [1.54, 1.807) is 21.1 Å². The number of likely N-dealkylation sites (N-methyl/N-ethyl adjacent to an activating group) is 1. The summed E-state index contributed by atoms with van der Waals surface area (Å²) in [5, 5.41) is 3.02. The average Bonchev–Trinajstić information content (AvgIpc) is 2.47. The standard InChI is InChI=1S/C16H25NO4/c1-6-20-15(18)16(3,17-4)11-12(2)21-14-10-8-7-9-13(14)19-5/h7-10,12,17H,6,11H2,1-5H3. The number of esters is 1. The van der Waals surface area contributed by atoms with Crippen molar-refractivity contribution in [1.29, 1.82) is 0 Å². The summed E-state index contributed by atoms with van der Waals surface area (Å²) in [5.74, 6) is 1.06. The molecule has 0 saturated heterocycles. The highest BCUT2D eigenvalue weighted by molar-refractivity contribution is 5.80. The van der Waals surface area contributed by atoms with Crippen molar-refractivity contribution in [3.05, 3.63) is 24.3 Å². The minimum atomic E-state index is -0.780. The molecule has 2 atom stereocenters. The topological polar surface area (TPSA) is 56.8 Å². The van der Waals surface area contributed by atoms with Crippen LogP contribution in [0.5, 0.6) is 11.5 Å². The zero-order valence-electron chi connectivity index (χ0n) is 13.4. The van der Waals surface area contributed by atoms with Gasteiger partial charge in [-0.15, -0.1) is 0 Å². The second-order valence-electron chi connectivity index (χ2n) is 5.09. The number of methoxy groups -OCH3 is 1. The van der Waals surface area contributed by atoms with Crippen molar-refractivity contribution in [3.63, 3.8) is 0 Å². The quantitative estimate of drug-likeness (QED) is 0.746. The fourth-order valence-corrected chi connectivity index (χ4v) is 2.13. The van der Waals surface area contributed by atoms with Gasteiger partial charge in [0.1, 0.15) is 5.54 Å². The average molecular weight is 295 g/mol. The highest BCUT2D eigenvalue weighted by atomic mass is 16.5. The second kappa shape index (κ2) is 7.88. The maximum Gasteiger partial charge on any atom is 0.326 e. The highest BCUT2D eigenvalue weighted by Crippen LogP contribution is 2.28. The van der Waals surface area contributed by atoms with Gasteiger partial charge in [0.25, 0.3) is 0 Å². The molecular formula is C16H25NO4. The van der Waals surface area contributed by atoms with Crippen LogP contribution in [0.2, 0.25) is 0 Å². The van der Waals surface area contributed by atoms with Crippen LogP contribution in [-0.2, 0) is 9.53 Å². The van der Waals surface area contributed by atoms with Gasteiger partial charge >= 0.3 is 5.97 Å². The molecule has 0 aliphatic heterocycles. The van der Waals surface area contributed by atoms with E-state index in [9.17, 15) is 4.79 Å². The Hall–Kier alpha value is -1.75. The van der Waals surface area contributed by atoms with Crippen molar-refractivity contribution in [2.45, 2.75) is 38.8 Å². The fourth-order valence-electron chi connectivity index (χ4n) is 2.13. The Kier molecular flexibility index (Phi) is 6.49. The van der Waals surface area contributed by atoms with Crippen molar-refractivity contribution in [2.75, 3.05) is 20.8 Å². The monoisotopic (exact) mass is 295 g/mol. The molecule has 5 nitrogen and oxygen atoms in total. The van der Waals surface area contributed by atoms with Crippen LogP contribution in [0, 0.1) is 0 Å². The molecule has 5 heteroatoms. The molecule has 0 aromatic heterocycles. The Morgan fingerprint density at radius 1 is 1.33 bits per heavy atom. The number of ether oxygens (including phenoxy) is 3.